The van der Waals surface area contributed by atoms with Gasteiger partial charge in [-0.2, -0.15) is 4.98 Å². The highest BCUT2D eigenvalue weighted by molar-refractivity contribution is 6.33. The second-order valence-electron chi connectivity index (χ2n) is 6.83. The molecule has 24 heavy (non-hydrogen) atoms. The zero-order chi connectivity index (χ0) is 17.9. The quantitative estimate of drug-likeness (QED) is 0.891. The van der Waals surface area contributed by atoms with Crippen molar-refractivity contribution in [3.63, 3.8) is 0 Å². The number of amides is 1. The summed E-state index contributed by atoms with van der Waals surface area (Å²) in [5, 5.41) is 7.32. The molecule has 2 aromatic rings. The van der Waals surface area contributed by atoms with E-state index in [2.05, 4.69) is 15.5 Å². The van der Waals surface area contributed by atoms with Gasteiger partial charge in [-0.25, -0.2) is 0 Å². The highest BCUT2D eigenvalue weighted by Gasteiger charge is 2.25. The summed E-state index contributed by atoms with van der Waals surface area (Å²) in [4.78, 5) is 18.5. The van der Waals surface area contributed by atoms with Gasteiger partial charge in [-0.05, 0) is 26.1 Å². The number of para-hydroxylation sites is 1. The van der Waals surface area contributed by atoms with Crippen molar-refractivity contribution in [2.24, 2.45) is 0 Å². The zero-order valence-electron chi connectivity index (χ0n) is 14.6. The van der Waals surface area contributed by atoms with Crippen molar-refractivity contribution >= 4 is 23.2 Å². The third-order valence-electron chi connectivity index (χ3n) is 3.67. The lowest BCUT2D eigenvalue weighted by Crippen LogP contribution is -2.32. The molecule has 1 amide bonds. The van der Waals surface area contributed by atoms with Gasteiger partial charge in [-0.1, -0.05) is 49.7 Å². The van der Waals surface area contributed by atoms with Crippen molar-refractivity contribution < 1.29 is 9.32 Å². The standard InChI is InChI=1S/C17H23ClN4O2/c1-11(15-20-16(21-24-15)17(2,3)4)22(5)10-14(23)19-13-9-7-6-8-12(13)18/h6-9,11H,10H2,1-5H3,(H,19,23)/t11-/m0/s1. The lowest BCUT2D eigenvalue weighted by Gasteiger charge is -2.21. The fourth-order valence-electron chi connectivity index (χ4n) is 2.01. The van der Waals surface area contributed by atoms with Gasteiger partial charge in [-0.3, -0.25) is 9.69 Å². The largest absolute Gasteiger partial charge is 0.338 e. The number of hydrogen-bond acceptors (Lipinski definition) is 5. The average molecular weight is 351 g/mol. The number of nitrogens with zero attached hydrogens (tertiary/aromatic N) is 3. The van der Waals surface area contributed by atoms with Crippen LogP contribution in [0.3, 0.4) is 0 Å². The zero-order valence-corrected chi connectivity index (χ0v) is 15.4. The molecular weight excluding hydrogens is 328 g/mol. The second-order valence-corrected chi connectivity index (χ2v) is 7.23. The first-order chi connectivity index (χ1) is 11.2. The van der Waals surface area contributed by atoms with Gasteiger partial charge in [0.2, 0.25) is 11.8 Å². The van der Waals surface area contributed by atoms with Crippen LogP contribution < -0.4 is 5.32 Å². The summed E-state index contributed by atoms with van der Waals surface area (Å²) in [6.07, 6.45) is 0. The van der Waals surface area contributed by atoms with Crippen LogP contribution in [0, 0.1) is 0 Å². The first kappa shape index (κ1) is 18.4. The highest BCUT2D eigenvalue weighted by atomic mass is 35.5. The van der Waals surface area contributed by atoms with Crippen LogP contribution in [0.4, 0.5) is 5.69 Å². The van der Waals surface area contributed by atoms with Gasteiger partial charge in [0, 0.05) is 5.41 Å². The Morgan fingerprint density at radius 3 is 2.62 bits per heavy atom. The molecule has 0 spiro atoms. The summed E-state index contributed by atoms with van der Waals surface area (Å²) >= 11 is 6.05. The van der Waals surface area contributed by atoms with E-state index in [0.717, 1.165) is 0 Å². The summed E-state index contributed by atoms with van der Waals surface area (Å²) < 4.78 is 5.34. The molecule has 1 N–H and O–H groups in total. The van der Waals surface area contributed by atoms with Crippen molar-refractivity contribution in [3.05, 3.63) is 41.0 Å². The minimum Gasteiger partial charge on any atom is -0.338 e. The van der Waals surface area contributed by atoms with Gasteiger partial charge < -0.3 is 9.84 Å². The maximum Gasteiger partial charge on any atom is 0.243 e. The number of hydrogen-bond donors (Lipinski definition) is 1. The molecular formula is C17H23ClN4O2. The van der Waals surface area contributed by atoms with Crippen LogP contribution in [0.5, 0.6) is 0 Å². The van der Waals surface area contributed by atoms with Crippen LogP contribution in [-0.2, 0) is 10.2 Å². The SMILES string of the molecule is C[C@@H](c1nc(C(C)(C)C)no1)N(C)CC(=O)Nc1ccccc1Cl. The third kappa shape index (κ3) is 4.55. The molecule has 0 aliphatic carbocycles. The molecule has 0 saturated heterocycles. The first-order valence-electron chi connectivity index (χ1n) is 7.77. The molecule has 0 bridgehead atoms. The number of likely N-dealkylation sites (N-methyl/N-ethyl adjacent to an activating group) is 1. The molecule has 0 fully saturated rings. The van der Waals surface area contributed by atoms with Gasteiger partial charge in [0.25, 0.3) is 0 Å². The molecule has 1 heterocycles. The molecule has 7 heteroatoms. The molecule has 1 aromatic carbocycles. The van der Waals surface area contributed by atoms with Crippen LogP contribution in [0.2, 0.25) is 5.02 Å². The molecule has 2 rings (SSSR count). The Kier molecular flexibility index (Phi) is 5.62. The monoisotopic (exact) mass is 350 g/mol. The summed E-state index contributed by atoms with van der Waals surface area (Å²) in [7, 11) is 1.83. The van der Waals surface area contributed by atoms with Gasteiger partial charge in [0.05, 0.1) is 23.3 Å². The number of anilines is 1. The second kappa shape index (κ2) is 7.32. The number of carbonyl (C=O) groups is 1. The lowest BCUT2D eigenvalue weighted by atomic mass is 9.96. The maximum atomic E-state index is 12.2. The predicted molar refractivity (Wildman–Crippen MR) is 94.1 cm³/mol. The van der Waals surface area contributed by atoms with E-state index in [9.17, 15) is 4.79 Å². The topological polar surface area (TPSA) is 71.3 Å². The molecule has 0 radical (unpaired) electrons. The Morgan fingerprint density at radius 1 is 1.38 bits per heavy atom. The maximum absolute atomic E-state index is 12.2. The van der Waals surface area contributed by atoms with Crippen molar-refractivity contribution in [2.45, 2.75) is 39.2 Å². The van der Waals surface area contributed by atoms with Crippen molar-refractivity contribution in [3.8, 4) is 0 Å². The Labute approximate surface area is 147 Å². The smallest absolute Gasteiger partial charge is 0.243 e. The van der Waals surface area contributed by atoms with Crippen LogP contribution >= 0.6 is 11.6 Å². The van der Waals surface area contributed by atoms with E-state index in [1.165, 1.54) is 0 Å². The van der Waals surface area contributed by atoms with Crippen molar-refractivity contribution in [2.75, 3.05) is 18.9 Å². The molecule has 1 atom stereocenters. The third-order valence-corrected chi connectivity index (χ3v) is 4.00. The van der Waals surface area contributed by atoms with Crippen LogP contribution in [0.25, 0.3) is 0 Å². The Hall–Kier alpha value is -1.92. The lowest BCUT2D eigenvalue weighted by molar-refractivity contribution is -0.117. The van der Waals surface area contributed by atoms with E-state index in [-0.39, 0.29) is 23.9 Å². The minimum absolute atomic E-state index is 0.159. The van der Waals surface area contributed by atoms with E-state index in [1.54, 1.807) is 12.1 Å². The summed E-state index contributed by atoms with van der Waals surface area (Å²) in [5.41, 5.74) is 0.416. The molecule has 0 aliphatic rings. The molecule has 0 saturated carbocycles. The predicted octanol–water partition coefficient (Wildman–Crippen LogP) is 3.65. The van der Waals surface area contributed by atoms with E-state index < -0.39 is 0 Å². The number of benzene rings is 1. The Bertz CT molecular complexity index is 709. The first-order valence-corrected chi connectivity index (χ1v) is 8.15. The molecule has 6 nitrogen and oxygen atoms in total. The fourth-order valence-corrected chi connectivity index (χ4v) is 2.20. The van der Waals surface area contributed by atoms with E-state index in [4.69, 9.17) is 16.1 Å². The Balaban J connectivity index is 1.98. The van der Waals surface area contributed by atoms with E-state index in [0.29, 0.717) is 22.4 Å². The Morgan fingerprint density at radius 2 is 2.04 bits per heavy atom. The highest BCUT2D eigenvalue weighted by Crippen LogP contribution is 2.23. The molecule has 130 valence electrons. The van der Waals surface area contributed by atoms with Crippen LogP contribution in [0.15, 0.2) is 28.8 Å². The molecule has 1 aromatic heterocycles. The summed E-state index contributed by atoms with van der Waals surface area (Å²) in [5.74, 6) is 0.985. The minimum atomic E-state index is -0.179. The summed E-state index contributed by atoms with van der Waals surface area (Å²) in [6, 6.07) is 6.95. The van der Waals surface area contributed by atoms with E-state index >= 15 is 0 Å². The van der Waals surface area contributed by atoms with Gasteiger partial charge >= 0.3 is 0 Å². The summed E-state index contributed by atoms with van der Waals surface area (Å²) in [6.45, 7) is 8.16. The van der Waals surface area contributed by atoms with Crippen molar-refractivity contribution in [1.82, 2.24) is 15.0 Å². The number of rotatable bonds is 5. The number of aromatic nitrogens is 2. The normalized spacial score (nSPS) is 13.1. The number of halogens is 1. The van der Waals surface area contributed by atoms with E-state index in [1.807, 2.05) is 51.8 Å². The van der Waals surface area contributed by atoms with Gasteiger partial charge in [0.1, 0.15) is 0 Å². The average Bonchev–Trinajstić information content (AvgIpc) is 2.98. The van der Waals surface area contributed by atoms with Gasteiger partial charge in [0.15, 0.2) is 5.82 Å². The fraction of sp³-hybridized carbons (Fsp3) is 0.471. The van der Waals surface area contributed by atoms with Crippen LogP contribution in [-0.4, -0.2) is 34.5 Å². The van der Waals surface area contributed by atoms with Crippen LogP contribution in [0.1, 0.15) is 45.5 Å². The number of carbonyl (C=O) groups excluding carboxylic acids is 1. The number of nitrogens with one attached hydrogen (secondary N) is 1. The van der Waals surface area contributed by atoms with Gasteiger partial charge in [-0.15, -0.1) is 0 Å². The molecule has 0 unspecified atom stereocenters. The van der Waals surface area contributed by atoms with Crippen molar-refractivity contribution in [1.29, 1.82) is 0 Å². The molecule has 0 aliphatic heterocycles.